The Bertz CT molecular complexity index is 1100. The highest BCUT2D eigenvalue weighted by Crippen LogP contribution is 2.16. The monoisotopic (exact) mass is 418 g/mol. The van der Waals surface area contributed by atoms with Crippen molar-refractivity contribution in [1.29, 1.82) is 0 Å². The van der Waals surface area contributed by atoms with Gasteiger partial charge in [-0.05, 0) is 32.4 Å². The fraction of sp³-hybridized carbons (Fsp3) is 0.280. The van der Waals surface area contributed by atoms with Gasteiger partial charge in [0.25, 0.3) is 0 Å². The van der Waals surface area contributed by atoms with E-state index in [1.165, 1.54) is 0 Å². The number of carbonyl (C=O) groups is 2. The molecular formula is C25H26N2O4. The number of alkyl carbamates (subject to hydrolysis) is 1. The summed E-state index contributed by atoms with van der Waals surface area (Å²) in [7, 11) is 0. The van der Waals surface area contributed by atoms with Crippen LogP contribution in [0.5, 0.6) is 0 Å². The average molecular weight is 418 g/mol. The Morgan fingerprint density at radius 2 is 1.77 bits per heavy atom. The molecule has 0 spiro atoms. The van der Waals surface area contributed by atoms with Crippen molar-refractivity contribution in [2.24, 2.45) is 0 Å². The molecule has 0 saturated heterocycles. The Morgan fingerprint density at radius 1 is 1.06 bits per heavy atom. The number of hydrogen-bond acceptors (Lipinski definition) is 4. The van der Waals surface area contributed by atoms with Gasteiger partial charge in [-0.15, -0.1) is 0 Å². The number of carbonyl (C=O) groups excluding carboxylic acids is 2. The lowest BCUT2D eigenvalue weighted by Gasteiger charge is -2.22. The summed E-state index contributed by atoms with van der Waals surface area (Å²) in [5.41, 5.74) is 1.98. The molecule has 6 nitrogen and oxygen atoms in total. The van der Waals surface area contributed by atoms with Gasteiger partial charge in [0.2, 0.25) is 0 Å². The van der Waals surface area contributed by atoms with Gasteiger partial charge in [-0.3, -0.25) is 0 Å². The Labute approximate surface area is 181 Å². The van der Waals surface area contributed by atoms with Crippen molar-refractivity contribution >= 4 is 23.0 Å². The molecule has 0 aliphatic heterocycles. The van der Waals surface area contributed by atoms with Crippen LogP contribution in [-0.2, 0) is 20.9 Å². The Hall–Kier alpha value is -3.72. The summed E-state index contributed by atoms with van der Waals surface area (Å²) < 4.78 is 10.7. The fourth-order valence-corrected chi connectivity index (χ4v) is 2.90. The van der Waals surface area contributed by atoms with Gasteiger partial charge in [-0.2, -0.15) is 0 Å². The maximum absolute atomic E-state index is 12.7. The molecule has 160 valence electrons. The topological polar surface area (TPSA) is 80.4 Å². The number of fused-ring (bicyclic) bond motifs is 1. The van der Waals surface area contributed by atoms with Crippen molar-refractivity contribution in [2.75, 3.05) is 0 Å². The van der Waals surface area contributed by atoms with Crippen LogP contribution < -0.4 is 5.32 Å². The molecule has 0 aliphatic carbocycles. The quantitative estimate of drug-likeness (QED) is 0.471. The van der Waals surface area contributed by atoms with Crippen LogP contribution in [0, 0.1) is 11.8 Å². The number of rotatable bonds is 5. The number of aromatic nitrogens is 1. The van der Waals surface area contributed by atoms with Gasteiger partial charge < -0.3 is 19.8 Å². The number of esters is 1. The van der Waals surface area contributed by atoms with Gasteiger partial charge in [0.1, 0.15) is 18.2 Å². The molecule has 1 unspecified atom stereocenters. The minimum absolute atomic E-state index is 0.0897. The average Bonchev–Trinajstić information content (AvgIpc) is 3.14. The van der Waals surface area contributed by atoms with Crippen LogP contribution in [0.4, 0.5) is 4.79 Å². The molecule has 1 heterocycles. The standard InChI is InChI=1S/C25H26N2O4/c1-25(2,3)31-24(29)27-22(23(28)30-17-18-10-5-4-6-11-18)15-9-12-19-16-26-21-14-8-7-13-20(19)21/h4-8,10-11,13-14,16,22,26H,15,17H2,1-3H3,(H,27,29). The SMILES string of the molecule is CC(C)(C)OC(=O)NC(CC#Cc1c[nH]c2ccccc12)C(=O)OCc1ccccc1. The fourth-order valence-electron chi connectivity index (χ4n) is 2.90. The molecule has 0 aliphatic rings. The van der Waals surface area contributed by atoms with Crippen molar-refractivity contribution < 1.29 is 19.1 Å². The molecule has 3 rings (SSSR count). The summed E-state index contributed by atoms with van der Waals surface area (Å²) in [5, 5.41) is 3.58. The van der Waals surface area contributed by atoms with Crippen LogP contribution in [0.2, 0.25) is 0 Å². The van der Waals surface area contributed by atoms with Gasteiger partial charge in [0.05, 0.1) is 0 Å². The van der Waals surface area contributed by atoms with Crippen molar-refractivity contribution in [3.63, 3.8) is 0 Å². The number of H-pyrrole nitrogens is 1. The largest absolute Gasteiger partial charge is 0.459 e. The third kappa shape index (κ3) is 6.65. The smallest absolute Gasteiger partial charge is 0.408 e. The van der Waals surface area contributed by atoms with E-state index in [-0.39, 0.29) is 13.0 Å². The lowest BCUT2D eigenvalue weighted by molar-refractivity contribution is -0.147. The molecule has 1 atom stereocenters. The number of nitrogens with one attached hydrogen (secondary N) is 2. The normalized spacial score (nSPS) is 11.8. The molecule has 31 heavy (non-hydrogen) atoms. The summed E-state index contributed by atoms with van der Waals surface area (Å²) in [4.78, 5) is 28.0. The number of ether oxygens (including phenoxy) is 2. The van der Waals surface area contributed by atoms with Crippen molar-refractivity contribution in [1.82, 2.24) is 10.3 Å². The highest BCUT2D eigenvalue weighted by Gasteiger charge is 2.25. The van der Waals surface area contributed by atoms with Crippen LogP contribution in [0.15, 0.2) is 60.8 Å². The predicted molar refractivity (Wildman–Crippen MR) is 119 cm³/mol. The van der Waals surface area contributed by atoms with E-state index in [4.69, 9.17) is 9.47 Å². The van der Waals surface area contributed by atoms with E-state index in [0.29, 0.717) is 0 Å². The second-order valence-corrected chi connectivity index (χ2v) is 8.05. The molecule has 0 saturated carbocycles. The molecule has 1 aromatic heterocycles. The van der Waals surface area contributed by atoms with Crippen LogP contribution in [-0.4, -0.2) is 28.7 Å². The van der Waals surface area contributed by atoms with Crippen molar-refractivity contribution in [3.05, 3.63) is 71.9 Å². The third-order valence-electron chi connectivity index (χ3n) is 4.32. The molecule has 1 amide bonds. The summed E-state index contributed by atoms with van der Waals surface area (Å²) in [6.07, 6.45) is 1.22. The predicted octanol–water partition coefficient (Wildman–Crippen LogP) is 4.55. The second-order valence-electron chi connectivity index (χ2n) is 8.05. The third-order valence-corrected chi connectivity index (χ3v) is 4.32. The highest BCUT2D eigenvalue weighted by molar-refractivity contribution is 5.86. The molecule has 2 aromatic carbocycles. The Balaban J connectivity index is 1.70. The molecule has 0 radical (unpaired) electrons. The highest BCUT2D eigenvalue weighted by atomic mass is 16.6. The zero-order chi connectivity index (χ0) is 22.3. The number of amides is 1. The minimum Gasteiger partial charge on any atom is -0.459 e. The van der Waals surface area contributed by atoms with Crippen molar-refractivity contribution in [3.8, 4) is 11.8 Å². The van der Waals surface area contributed by atoms with Gasteiger partial charge >= 0.3 is 12.1 Å². The lowest BCUT2D eigenvalue weighted by atomic mass is 10.1. The summed E-state index contributed by atoms with van der Waals surface area (Å²) in [5.74, 6) is 5.49. The van der Waals surface area contributed by atoms with Gasteiger partial charge in [-0.1, -0.05) is 60.4 Å². The zero-order valence-corrected chi connectivity index (χ0v) is 17.9. The molecule has 2 N–H and O–H groups in total. The van der Waals surface area contributed by atoms with E-state index in [1.807, 2.05) is 60.8 Å². The molecule has 3 aromatic rings. The lowest BCUT2D eigenvalue weighted by Crippen LogP contribution is -2.44. The van der Waals surface area contributed by atoms with E-state index in [0.717, 1.165) is 22.0 Å². The zero-order valence-electron chi connectivity index (χ0n) is 17.9. The van der Waals surface area contributed by atoms with E-state index in [2.05, 4.69) is 22.1 Å². The summed E-state index contributed by atoms with van der Waals surface area (Å²) in [6.45, 7) is 5.38. The Kier molecular flexibility index (Phi) is 6.99. The maximum Gasteiger partial charge on any atom is 0.408 e. The van der Waals surface area contributed by atoms with E-state index >= 15 is 0 Å². The number of para-hydroxylation sites is 1. The Morgan fingerprint density at radius 3 is 2.52 bits per heavy atom. The number of hydrogen-bond donors (Lipinski definition) is 2. The number of aromatic amines is 1. The van der Waals surface area contributed by atoms with Gasteiger partial charge in [0, 0.05) is 29.1 Å². The van der Waals surface area contributed by atoms with Crippen LogP contribution in [0.1, 0.15) is 38.3 Å². The van der Waals surface area contributed by atoms with Gasteiger partial charge in [0.15, 0.2) is 0 Å². The molecule has 0 fully saturated rings. The first-order valence-electron chi connectivity index (χ1n) is 10.1. The molecular weight excluding hydrogens is 392 g/mol. The summed E-state index contributed by atoms with van der Waals surface area (Å²) in [6, 6.07) is 16.2. The second kappa shape index (κ2) is 9.86. The van der Waals surface area contributed by atoms with E-state index < -0.39 is 23.7 Å². The van der Waals surface area contributed by atoms with Crippen LogP contribution >= 0.6 is 0 Å². The van der Waals surface area contributed by atoms with E-state index in [9.17, 15) is 9.59 Å². The van der Waals surface area contributed by atoms with Crippen LogP contribution in [0.3, 0.4) is 0 Å². The number of benzene rings is 2. The molecule has 0 bridgehead atoms. The van der Waals surface area contributed by atoms with Crippen LogP contribution in [0.25, 0.3) is 10.9 Å². The first-order chi connectivity index (χ1) is 14.8. The maximum atomic E-state index is 12.7. The summed E-state index contributed by atoms with van der Waals surface area (Å²) >= 11 is 0. The first-order valence-corrected chi connectivity index (χ1v) is 10.1. The van der Waals surface area contributed by atoms with E-state index in [1.54, 1.807) is 20.8 Å². The minimum atomic E-state index is -0.948. The first kappa shape index (κ1) is 22.0. The van der Waals surface area contributed by atoms with Gasteiger partial charge in [-0.25, -0.2) is 9.59 Å². The van der Waals surface area contributed by atoms with Crippen molar-refractivity contribution in [2.45, 2.75) is 45.4 Å². The molecule has 6 heteroatoms.